The van der Waals surface area contributed by atoms with Gasteiger partial charge in [-0.2, -0.15) is 8.42 Å². The van der Waals surface area contributed by atoms with Gasteiger partial charge in [-0.15, -0.1) is 0 Å². The van der Waals surface area contributed by atoms with Gasteiger partial charge >= 0.3 is 17.2 Å². The molecule has 1 unspecified atom stereocenters. The van der Waals surface area contributed by atoms with Crippen LogP contribution in [0.3, 0.4) is 0 Å². The lowest BCUT2D eigenvalue weighted by atomic mass is 9.80. The van der Waals surface area contributed by atoms with Gasteiger partial charge in [-0.05, 0) is 78.6 Å². The number of anilines is 1. The van der Waals surface area contributed by atoms with E-state index in [4.69, 9.17) is 32.6 Å². The van der Waals surface area contributed by atoms with E-state index in [0.29, 0.717) is 73.9 Å². The first-order valence-corrected chi connectivity index (χ1v) is 48.8. The summed E-state index contributed by atoms with van der Waals surface area (Å²) in [6, 6.07) is 44.7. The van der Waals surface area contributed by atoms with Gasteiger partial charge in [0.25, 0.3) is 0 Å². The Morgan fingerprint density at radius 2 is 0.820 bits per heavy atom. The zero-order valence-corrected chi connectivity index (χ0v) is 72.6. The minimum atomic E-state index is -4.02. The van der Waals surface area contributed by atoms with E-state index in [1.54, 1.807) is 72.8 Å². The van der Waals surface area contributed by atoms with Crippen LogP contribution in [0.2, 0.25) is 0 Å². The first-order chi connectivity index (χ1) is 51.2. The number of hydrogen-bond donors (Lipinski definition) is 5. The van der Waals surface area contributed by atoms with Gasteiger partial charge in [0.2, 0.25) is 0 Å². The molecule has 21 nitrogen and oxygen atoms in total. The average Bonchev–Trinajstić information content (AvgIpc) is 1.66. The average molecular weight is 1660 g/mol. The number of carbonyl (C=O) groups excluding carboxylic acids is 1. The summed E-state index contributed by atoms with van der Waals surface area (Å²) in [5.74, 6) is 2.49. The molecule has 0 amide bonds. The number of benzene rings is 8. The lowest BCUT2D eigenvalue weighted by molar-refractivity contribution is 0.112. The van der Waals surface area contributed by atoms with Crippen molar-refractivity contribution in [1.82, 2.24) is 0 Å². The Kier molecular flexibility index (Phi) is 25.4. The predicted molar refractivity (Wildman–Crippen MR) is 445 cm³/mol. The van der Waals surface area contributed by atoms with Gasteiger partial charge in [0.15, 0.2) is 54.9 Å². The second-order valence-electron chi connectivity index (χ2n) is 33.8. The maximum absolute atomic E-state index is 13.7. The first kappa shape index (κ1) is 87.6. The zero-order chi connectivity index (χ0) is 82.5. The van der Waals surface area contributed by atoms with Crippen LogP contribution in [0.4, 0.5) is 10.1 Å². The van der Waals surface area contributed by atoms with E-state index in [1.807, 2.05) is 168 Å². The number of fused-ring (bicyclic) bond motifs is 6. The van der Waals surface area contributed by atoms with Crippen LogP contribution in [-0.2, 0) is 44.1 Å². The number of phenolic OH excluding ortho intramolecular Hbond substituents is 2. The molecule has 0 fully saturated rings. The second-order valence-corrected chi connectivity index (χ2v) is 56.5. The van der Waals surface area contributed by atoms with Gasteiger partial charge in [-0.3, -0.25) is 4.79 Å². The third-order valence-electron chi connectivity index (χ3n) is 20.3. The largest absolute Gasteiger partial charge is 0.508 e. The number of aromatic hydroxyl groups is 2. The fourth-order valence-corrected chi connectivity index (χ4v) is 28.8. The van der Waals surface area contributed by atoms with Gasteiger partial charge in [-0.1, -0.05) is 215 Å². The summed E-state index contributed by atoms with van der Waals surface area (Å²) < 4.78 is 156. The van der Waals surface area contributed by atoms with Crippen LogP contribution in [0.25, 0.3) is 0 Å². The SMILES string of the molecule is CC(C)(C)P1(=O)COc2cc(O)cc(O)c21.CC(C)(C)[P@@]1(=O)COc2cccc(B(O)O)c21.CC(C)(C)[P@@]1(=O)COc2cccc(F)c21.CC(C)(C)[P@@]1(=O)COc2cccc(NCc3ccccc3)c21.CC(C)(C)[P@]1(=O)COc2cccc(C=O)c21.Cc1ccc(S(=O)(=O)Oc2cccc3c2[P@](=O)(C(C)(C)C)CO3)cc1. The number of aryl methyl sites for hydroxylation is 1. The van der Waals surface area contributed by atoms with Gasteiger partial charge in [0.1, 0.15) is 100 Å². The molecule has 0 radical (unpaired) electrons. The molecule has 111 heavy (non-hydrogen) atoms. The molecule has 0 aliphatic carbocycles. The summed E-state index contributed by atoms with van der Waals surface area (Å²) in [6.45, 7) is 36.8. The highest BCUT2D eigenvalue weighted by atomic mass is 32.2. The Morgan fingerprint density at radius 3 is 1.30 bits per heavy atom. The molecule has 0 aromatic heterocycles. The lowest BCUT2D eigenvalue weighted by Crippen LogP contribution is -2.42. The first-order valence-electron chi connectivity index (χ1n) is 36.1. The van der Waals surface area contributed by atoms with E-state index in [2.05, 4.69) is 17.4 Å². The zero-order valence-electron chi connectivity index (χ0n) is 66.4. The van der Waals surface area contributed by atoms with Crippen molar-refractivity contribution in [3.8, 4) is 51.7 Å². The molecule has 8 aromatic rings. The third kappa shape index (κ3) is 17.4. The standard InChI is InChI=1S/C18H22NO2P.C18H21O5PS.C12H15O3P.C11H16BO4P.C11H14FO2P.C11H15O4P/c1-18(2,3)22(20)13-21-16-11-7-10-15(17(16)22)19-12-14-8-5-4-6-9-14;1-13-8-10-14(11-9-13)25(20,21)23-16-7-5-6-15-17(16)24(19,12-22-15)18(2,3)4;1-12(2,3)16(14)8-15-10-6-4-5-9(7-13)11(10)16;1-11(2,3)17(15)7-16-9-6-4-5-8(10(9)17)12(13)14;1-11(2,3)15(13)7-14-9-6-4-5-8(12)10(9)15;1-11(2,3)16(14)6-15-9-5-7(12)4-8(13)10(9)16/h4-11,19H,12-13H2,1-3H3;5-11H,12H2,1-4H3;4-7H,8H2,1-3H3;4-6,13-14H,7H2,1-3H3;4-6H,7H2,1-3H3;4-5,12-13H,6H2,1-3H3/t22-;24-;16-;17-;15-;/m10011./s1. The van der Waals surface area contributed by atoms with Gasteiger partial charge in [0, 0.05) is 60.9 Å². The molecule has 8 aromatic carbocycles. The quantitative estimate of drug-likeness (QED) is 0.0408. The van der Waals surface area contributed by atoms with Crippen LogP contribution in [0.1, 0.15) is 146 Å². The Balaban J connectivity index is 0.000000155. The van der Waals surface area contributed by atoms with E-state index in [9.17, 15) is 65.3 Å². The molecule has 5 N–H and O–H groups in total. The monoisotopic (exact) mass is 1660 g/mol. The van der Waals surface area contributed by atoms with E-state index in [1.165, 1.54) is 42.0 Å². The van der Waals surface area contributed by atoms with Crippen LogP contribution in [0, 0.1) is 12.7 Å². The topological polar surface area (TPSA) is 311 Å². The molecule has 6 atom stereocenters. The smallest absolute Gasteiger partial charge is 0.489 e. The van der Waals surface area contributed by atoms with Crippen molar-refractivity contribution in [3.63, 3.8) is 0 Å². The van der Waals surface area contributed by atoms with Crippen LogP contribution in [0.15, 0.2) is 163 Å². The summed E-state index contributed by atoms with van der Waals surface area (Å²) in [6.07, 6.45) is 1.65. The number of aldehydes is 1. The number of halogens is 1. The molecule has 6 aliphatic rings. The number of hydrogen-bond acceptors (Lipinski definition) is 21. The van der Waals surface area contributed by atoms with E-state index in [0.717, 1.165) is 28.6 Å². The molecule has 0 saturated heterocycles. The maximum atomic E-state index is 13.7. The highest BCUT2D eigenvalue weighted by molar-refractivity contribution is 7.87. The molecule has 6 aliphatic heterocycles. The van der Waals surface area contributed by atoms with Crippen molar-refractivity contribution in [2.24, 2.45) is 0 Å². The fraction of sp³-hybridized carbons (Fsp3) is 0.395. The van der Waals surface area contributed by atoms with Crippen molar-refractivity contribution in [1.29, 1.82) is 0 Å². The van der Waals surface area contributed by atoms with Crippen molar-refractivity contribution in [2.75, 3.05) is 43.4 Å². The summed E-state index contributed by atoms with van der Waals surface area (Å²) in [4.78, 5) is 11.1. The van der Waals surface area contributed by atoms with Crippen molar-refractivity contribution >= 4 is 109 Å². The van der Waals surface area contributed by atoms with Gasteiger partial charge in [-0.25, -0.2) is 4.39 Å². The summed E-state index contributed by atoms with van der Waals surface area (Å²) >= 11 is 0. The molecule has 0 saturated carbocycles. The molecular formula is C81H103BFNO20P6S. The molecule has 0 bridgehead atoms. The van der Waals surface area contributed by atoms with Crippen LogP contribution >= 0.6 is 42.9 Å². The number of ether oxygens (including phenoxy) is 6. The molecule has 14 rings (SSSR count). The molecule has 30 heteroatoms. The summed E-state index contributed by atoms with van der Waals surface area (Å²) in [7, 11) is -22.2. The van der Waals surface area contributed by atoms with Gasteiger partial charge in [0.05, 0.1) is 26.5 Å². The third-order valence-corrected chi connectivity index (χ3v) is 44.6. The molecule has 0 spiro atoms. The fourth-order valence-electron chi connectivity index (χ4n) is 12.8. The molecule has 6 heterocycles. The highest BCUT2D eigenvalue weighted by Gasteiger charge is 2.53. The van der Waals surface area contributed by atoms with Crippen LogP contribution in [-0.4, -0.2) is 111 Å². The normalized spacial score (nSPS) is 22.3. The molecular weight excluding hydrogens is 1550 g/mol. The minimum absolute atomic E-state index is 0.0524. The van der Waals surface area contributed by atoms with Gasteiger partial charge < -0.3 is 85.6 Å². The van der Waals surface area contributed by atoms with E-state index < -0.39 is 86.5 Å². The molecule has 598 valence electrons. The number of nitrogens with one attached hydrogen (secondary N) is 1. The minimum Gasteiger partial charge on any atom is -0.508 e. The number of phenols is 2. The Hall–Kier alpha value is -7.33. The lowest BCUT2D eigenvalue weighted by Gasteiger charge is -2.27. The van der Waals surface area contributed by atoms with Crippen molar-refractivity contribution in [3.05, 3.63) is 180 Å². The highest BCUT2D eigenvalue weighted by Crippen LogP contribution is 2.67. The predicted octanol–water partition coefficient (Wildman–Crippen LogP) is 16.7. The van der Waals surface area contributed by atoms with E-state index >= 15 is 0 Å². The maximum Gasteiger partial charge on any atom is 0.489 e. The number of carbonyl (C=O) groups is 1. The Morgan fingerprint density at radius 1 is 0.441 bits per heavy atom. The Labute approximate surface area is 652 Å². The van der Waals surface area contributed by atoms with Crippen molar-refractivity contribution in [2.45, 2.75) is 174 Å². The van der Waals surface area contributed by atoms with Crippen LogP contribution in [0.5, 0.6) is 51.7 Å². The summed E-state index contributed by atoms with van der Waals surface area (Å²) in [5.41, 5.74) is 3.86. The van der Waals surface area contributed by atoms with Crippen LogP contribution < -0.4 is 75.2 Å². The Bertz CT molecular complexity index is 5250. The second kappa shape index (κ2) is 32.2. The summed E-state index contributed by atoms with van der Waals surface area (Å²) in [5, 5.41) is 41.7. The number of rotatable bonds is 8. The van der Waals surface area contributed by atoms with E-state index in [-0.39, 0.29) is 69.5 Å². The van der Waals surface area contributed by atoms with Crippen molar-refractivity contribution < 1.29 is 97.9 Å².